The highest BCUT2D eigenvalue weighted by atomic mass is 28.3. The number of aliphatic hydroxyl groups is 1. The molecule has 1 nitrogen and oxygen atoms in total. The van der Waals surface area contributed by atoms with Crippen LogP contribution in [0.1, 0.15) is 12.8 Å². The van der Waals surface area contributed by atoms with Crippen molar-refractivity contribution in [1.29, 1.82) is 0 Å². The predicted octanol–water partition coefficient (Wildman–Crippen LogP) is 2.44. The van der Waals surface area contributed by atoms with Gasteiger partial charge < -0.3 is 5.11 Å². The quantitative estimate of drug-likeness (QED) is 0.489. The van der Waals surface area contributed by atoms with Crippen molar-refractivity contribution in [2.75, 3.05) is 13.3 Å². The van der Waals surface area contributed by atoms with Crippen molar-refractivity contribution in [2.24, 2.45) is 0 Å². The van der Waals surface area contributed by atoms with Gasteiger partial charge in [-0.25, -0.2) is 0 Å². The van der Waals surface area contributed by atoms with Gasteiger partial charge in [0, 0.05) is 14.7 Å². The fourth-order valence-corrected chi connectivity index (χ4v) is 3.06. The van der Waals surface area contributed by atoms with Gasteiger partial charge in [-0.15, -0.1) is 0 Å². The maximum Gasteiger partial charge on any atom is 0.0871 e. The molecule has 0 bridgehead atoms. The smallest absolute Gasteiger partial charge is 0.0871 e. The highest BCUT2D eigenvalue weighted by molar-refractivity contribution is 6.77. The second-order valence-corrected chi connectivity index (χ2v) is 9.11. The number of aliphatic hydroxyl groups excluding tert-OH is 1. The summed E-state index contributed by atoms with van der Waals surface area (Å²) in [5, 5.41) is 8.53. The SMILES string of the molecule is C[Si](C)(CCF)CCCCO. The summed E-state index contributed by atoms with van der Waals surface area (Å²) in [6.45, 7) is 4.53. The van der Waals surface area contributed by atoms with Crippen LogP contribution in [0.2, 0.25) is 25.2 Å². The molecule has 0 heterocycles. The Hall–Kier alpha value is 0.107. The number of hydrogen-bond acceptors (Lipinski definition) is 1. The van der Waals surface area contributed by atoms with E-state index >= 15 is 0 Å². The van der Waals surface area contributed by atoms with Crippen LogP contribution < -0.4 is 0 Å². The van der Waals surface area contributed by atoms with Crippen molar-refractivity contribution in [3.8, 4) is 0 Å². The minimum atomic E-state index is -1.23. The molecule has 0 saturated carbocycles. The second kappa shape index (κ2) is 5.72. The molecule has 3 heteroatoms. The maximum absolute atomic E-state index is 12.0. The van der Waals surface area contributed by atoms with E-state index < -0.39 is 8.07 Å². The third-order valence-corrected chi connectivity index (χ3v) is 5.28. The Bertz CT molecular complexity index is 96.1. The van der Waals surface area contributed by atoms with Crippen molar-refractivity contribution in [3.05, 3.63) is 0 Å². The molecule has 0 amide bonds. The first-order valence-corrected chi connectivity index (χ1v) is 7.70. The van der Waals surface area contributed by atoms with E-state index in [1.165, 1.54) is 0 Å². The maximum atomic E-state index is 12.0. The molecule has 0 spiro atoms. The Morgan fingerprint density at radius 1 is 1.18 bits per heavy atom. The van der Waals surface area contributed by atoms with E-state index in [-0.39, 0.29) is 13.3 Å². The average Bonchev–Trinajstić information content (AvgIpc) is 1.87. The summed E-state index contributed by atoms with van der Waals surface area (Å²) < 4.78 is 12.0. The van der Waals surface area contributed by atoms with Crippen LogP contribution in [0.4, 0.5) is 4.39 Å². The summed E-state index contributed by atoms with van der Waals surface area (Å²) >= 11 is 0. The van der Waals surface area contributed by atoms with Gasteiger partial charge in [0.05, 0.1) is 6.67 Å². The molecule has 0 aromatic carbocycles. The Morgan fingerprint density at radius 2 is 1.82 bits per heavy atom. The van der Waals surface area contributed by atoms with Crippen molar-refractivity contribution < 1.29 is 9.50 Å². The van der Waals surface area contributed by atoms with Crippen LogP contribution in [0.25, 0.3) is 0 Å². The Balaban J connectivity index is 3.38. The van der Waals surface area contributed by atoms with Crippen LogP contribution >= 0.6 is 0 Å². The van der Waals surface area contributed by atoms with Crippen molar-refractivity contribution in [2.45, 2.75) is 38.0 Å². The van der Waals surface area contributed by atoms with E-state index in [9.17, 15) is 4.39 Å². The first kappa shape index (κ1) is 11.1. The minimum absolute atomic E-state index is 0.168. The van der Waals surface area contributed by atoms with E-state index in [1.807, 2.05) is 0 Å². The van der Waals surface area contributed by atoms with Gasteiger partial charge in [0.15, 0.2) is 0 Å². The van der Waals surface area contributed by atoms with Gasteiger partial charge in [0.2, 0.25) is 0 Å². The molecule has 0 unspecified atom stereocenters. The average molecular weight is 178 g/mol. The van der Waals surface area contributed by atoms with Crippen LogP contribution in [0.15, 0.2) is 0 Å². The van der Waals surface area contributed by atoms with Gasteiger partial charge in [0.1, 0.15) is 0 Å². The topological polar surface area (TPSA) is 20.2 Å². The molecule has 0 fully saturated rings. The number of rotatable bonds is 6. The van der Waals surface area contributed by atoms with Crippen LogP contribution in [0.3, 0.4) is 0 Å². The molecular formula is C8H19FOSi. The second-order valence-electron chi connectivity index (χ2n) is 3.78. The highest BCUT2D eigenvalue weighted by Gasteiger charge is 2.18. The molecule has 0 aromatic heterocycles. The standard InChI is InChI=1S/C8H19FOSi/c1-11(2,8-5-9)7-4-3-6-10/h10H,3-8H2,1-2H3. The summed E-state index contributed by atoms with van der Waals surface area (Å²) in [5.41, 5.74) is 0. The highest BCUT2D eigenvalue weighted by Crippen LogP contribution is 2.18. The van der Waals surface area contributed by atoms with E-state index in [4.69, 9.17) is 5.11 Å². The van der Waals surface area contributed by atoms with Gasteiger partial charge in [-0.3, -0.25) is 4.39 Å². The molecule has 0 rings (SSSR count). The summed E-state index contributed by atoms with van der Waals surface area (Å²) in [6, 6.07) is 1.93. The third kappa shape index (κ3) is 6.50. The first-order valence-electron chi connectivity index (χ1n) is 4.29. The van der Waals surface area contributed by atoms with E-state index in [0.717, 1.165) is 24.9 Å². The van der Waals surface area contributed by atoms with E-state index in [1.54, 1.807) is 0 Å². The van der Waals surface area contributed by atoms with Crippen molar-refractivity contribution >= 4 is 8.07 Å². The third-order valence-electron chi connectivity index (χ3n) is 2.03. The van der Waals surface area contributed by atoms with Gasteiger partial charge in [-0.05, 0) is 12.5 Å². The molecule has 0 aliphatic carbocycles. The molecule has 0 aliphatic heterocycles. The lowest BCUT2D eigenvalue weighted by Gasteiger charge is -2.19. The molecular weight excluding hydrogens is 159 g/mol. The molecule has 68 valence electrons. The van der Waals surface area contributed by atoms with Gasteiger partial charge in [0.25, 0.3) is 0 Å². The molecule has 0 aliphatic rings. The number of hydrogen-bond donors (Lipinski definition) is 1. The molecule has 0 radical (unpaired) electrons. The summed E-state index contributed by atoms with van der Waals surface area (Å²) in [7, 11) is -1.23. The minimum Gasteiger partial charge on any atom is -0.396 e. The van der Waals surface area contributed by atoms with Crippen molar-refractivity contribution in [1.82, 2.24) is 0 Å². The fourth-order valence-electron chi connectivity index (χ4n) is 1.10. The van der Waals surface area contributed by atoms with E-state index in [0.29, 0.717) is 0 Å². The van der Waals surface area contributed by atoms with Crippen LogP contribution in [-0.4, -0.2) is 26.5 Å². The Kier molecular flexibility index (Phi) is 5.77. The zero-order valence-electron chi connectivity index (χ0n) is 7.57. The summed E-state index contributed by atoms with van der Waals surface area (Å²) in [4.78, 5) is 0. The lowest BCUT2D eigenvalue weighted by Crippen LogP contribution is -2.25. The van der Waals surface area contributed by atoms with E-state index in [2.05, 4.69) is 13.1 Å². The molecule has 0 aromatic rings. The van der Waals surface area contributed by atoms with Crippen LogP contribution in [-0.2, 0) is 0 Å². The normalized spacial score (nSPS) is 12.0. The Labute approximate surface area is 69.6 Å². The zero-order chi connectivity index (χ0) is 8.74. The number of halogens is 1. The fraction of sp³-hybridized carbons (Fsp3) is 1.00. The predicted molar refractivity (Wildman–Crippen MR) is 49.4 cm³/mol. The Morgan fingerprint density at radius 3 is 2.27 bits per heavy atom. The van der Waals surface area contributed by atoms with Crippen LogP contribution in [0, 0.1) is 0 Å². The molecule has 0 saturated heterocycles. The monoisotopic (exact) mass is 178 g/mol. The van der Waals surface area contributed by atoms with Crippen LogP contribution in [0.5, 0.6) is 0 Å². The zero-order valence-corrected chi connectivity index (χ0v) is 8.57. The summed E-state index contributed by atoms with van der Waals surface area (Å²) in [5.74, 6) is 0. The largest absolute Gasteiger partial charge is 0.396 e. The van der Waals surface area contributed by atoms with Gasteiger partial charge in [-0.1, -0.05) is 25.6 Å². The molecule has 1 N–H and O–H groups in total. The lowest BCUT2D eigenvalue weighted by molar-refractivity contribution is 0.287. The lowest BCUT2D eigenvalue weighted by atomic mass is 10.4. The number of alkyl halides is 1. The first-order chi connectivity index (χ1) is 5.12. The van der Waals surface area contributed by atoms with Gasteiger partial charge >= 0.3 is 0 Å². The van der Waals surface area contributed by atoms with Gasteiger partial charge in [-0.2, -0.15) is 0 Å². The molecule has 0 atom stereocenters. The number of unbranched alkanes of at least 4 members (excludes halogenated alkanes) is 1. The molecule has 11 heavy (non-hydrogen) atoms. The summed E-state index contributed by atoms with van der Waals surface area (Å²) in [6.07, 6.45) is 1.94. The van der Waals surface area contributed by atoms with Crippen molar-refractivity contribution in [3.63, 3.8) is 0 Å².